The van der Waals surface area contributed by atoms with E-state index in [2.05, 4.69) is 51.9 Å². The predicted octanol–water partition coefficient (Wildman–Crippen LogP) is 4.04. The van der Waals surface area contributed by atoms with Crippen molar-refractivity contribution in [3.63, 3.8) is 0 Å². The van der Waals surface area contributed by atoms with E-state index in [1.165, 1.54) is 6.42 Å². The van der Waals surface area contributed by atoms with Crippen LogP contribution in [0.2, 0.25) is 0 Å². The van der Waals surface area contributed by atoms with Crippen molar-refractivity contribution < 1.29 is 0 Å². The van der Waals surface area contributed by atoms with Gasteiger partial charge in [-0.25, -0.2) is 9.97 Å². The summed E-state index contributed by atoms with van der Waals surface area (Å²) in [6.45, 7) is 13.0. The number of nitrogens with zero attached hydrogens (tertiary/aromatic N) is 3. The Labute approximate surface area is 130 Å². The van der Waals surface area contributed by atoms with E-state index in [-0.39, 0.29) is 0 Å². The van der Waals surface area contributed by atoms with Crippen molar-refractivity contribution in [1.82, 2.24) is 9.97 Å². The topological polar surface area (TPSA) is 41.1 Å². The second kappa shape index (κ2) is 8.85. The van der Waals surface area contributed by atoms with E-state index in [1.54, 1.807) is 0 Å². The molecule has 120 valence electrons. The molecule has 1 unspecified atom stereocenters. The maximum absolute atomic E-state index is 4.79. The number of anilines is 2. The summed E-state index contributed by atoms with van der Waals surface area (Å²) in [5.74, 6) is 3.70. The Bertz CT molecular complexity index is 431. The lowest BCUT2D eigenvalue weighted by Crippen LogP contribution is -2.26. The van der Waals surface area contributed by atoms with Crippen molar-refractivity contribution in [2.75, 3.05) is 30.4 Å². The first kappa shape index (κ1) is 17.7. The number of rotatable bonds is 9. The summed E-state index contributed by atoms with van der Waals surface area (Å²) >= 11 is 0. The van der Waals surface area contributed by atoms with Gasteiger partial charge in [-0.05, 0) is 25.7 Å². The van der Waals surface area contributed by atoms with Crippen molar-refractivity contribution in [1.29, 1.82) is 0 Å². The zero-order valence-corrected chi connectivity index (χ0v) is 14.7. The van der Waals surface area contributed by atoms with Crippen LogP contribution < -0.4 is 10.2 Å². The van der Waals surface area contributed by atoms with Gasteiger partial charge in [0.25, 0.3) is 0 Å². The molecule has 4 heteroatoms. The van der Waals surface area contributed by atoms with Gasteiger partial charge in [-0.3, -0.25) is 0 Å². The molecule has 1 heterocycles. The minimum absolute atomic E-state index is 0.672. The van der Waals surface area contributed by atoms with Gasteiger partial charge in [0.15, 0.2) is 0 Å². The first-order chi connectivity index (χ1) is 10.0. The molecule has 0 fully saturated rings. The average Bonchev–Trinajstić information content (AvgIpc) is 2.47. The van der Waals surface area contributed by atoms with Crippen LogP contribution in [0.15, 0.2) is 0 Å². The lowest BCUT2D eigenvalue weighted by atomic mass is 10.1. The monoisotopic (exact) mass is 292 g/mol. The first-order valence-corrected chi connectivity index (χ1v) is 8.35. The first-order valence-electron chi connectivity index (χ1n) is 8.35. The zero-order valence-electron chi connectivity index (χ0n) is 14.7. The fraction of sp³-hybridized carbons (Fsp3) is 0.765. The molecule has 21 heavy (non-hydrogen) atoms. The van der Waals surface area contributed by atoms with Crippen LogP contribution in [0.4, 0.5) is 11.6 Å². The largest absolute Gasteiger partial charge is 0.370 e. The van der Waals surface area contributed by atoms with Gasteiger partial charge in [0.2, 0.25) is 0 Å². The number of hydrogen-bond acceptors (Lipinski definition) is 4. The van der Waals surface area contributed by atoms with Gasteiger partial charge < -0.3 is 10.2 Å². The molecule has 0 aliphatic carbocycles. The Morgan fingerprint density at radius 3 is 2.43 bits per heavy atom. The molecule has 0 bridgehead atoms. The molecule has 1 aromatic rings. The van der Waals surface area contributed by atoms with Crippen molar-refractivity contribution in [3.8, 4) is 0 Å². The lowest BCUT2D eigenvalue weighted by molar-refractivity contribution is 0.556. The van der Waals surface area contributed by atoms with Crippen LogP contribution in [-0.4, -0.2) is 30.1 Å². The minimum Gasteiger partial charge on any atom is -0.370 e. The Hall–Kier alpha value is -1.32. The summed E-state index contributed by atoms with van der Waals surface area (Å²) in [5, 5.41) is 3.45. The molecule has 1 N–H and O–H groups in total. The second-order valence-corrected chi connectivity index (χ2v) is 6.01. The highest BCUT2D eigenvalue weighted by molar-refractivity contribution is 5.58. The van der Waals surface area contributed by atoms with E-state index >= 15 is 0 Å². The van der Waals surface area contributed by atoms with Gasteiger partial charge in [0.1, 0.15) is 17.5 Å². The van der Waals surface area contributed by atoms with E-state index in [4.69, 9.17) is 9.97 Å². The number of aromatic nitrogens is 2. The highest BCUT2D eigenvalue weighted by Crippen LogP contribution is 2.24. The molecule has 0 aliphatic heterocycles. The molecule has 0 aromatic carbocycles. The molecule has 0 aliphatic rings. The van der Waals surface area contributed by atoms with Crippen molar-refractivity contribution in [2.24, 2.45) is 5.92 Å². The normalized spacial score (nSPS) is 12.3. The molecule has 0 radical (unpaired) electrons. The average molecular weight is 292 g/mol. The maximum Gasteiger partial charge on any atom is 0.137 e. The summed E-state index contributed by atoms with van der Waals surface area (Å²) in [7, 11) is 2.14. The maximum atomic E-state index is 4.79. The number of nitrogens with one attached hydrogen (secondary N) is 1. The lowest BCUT2D eigenvalue weighted by Gasteiger charge is -2.25. The third-order valence-corrected chi connectivity index (χ3v) is 3.83. The summed E-state index contributed by atoms with van der Waals surface area (Å²) in [4.78, 5) is 11.8. The summed E-state index contributed by atoms with van der Waals surface area (Å²) in [6, 6.07) is 0. The highest BCUT2D eigenvalue weighted by atomic mass is 15.2. The van der Waals surface area contributed by atoms with Crippen LogP contribution in [0, 0.1) is 12.8 Å². The highest BCUT2D eigenvalue weighted by Gasteiger charge is 2.15. The van der Waals surface area contributed by atoms with Gasteiger partial charge >= 0.3 is 0 Å². The van der Waals surface area contributed by atoms with E-state index in [0.717, 1.165) is 55.4 Å². The van der Waals surface area contributed by atoms with E-state index < -0.39 is 0 Å². The van der Waals surface area contributed by atoms with Gasteiger partial charge in [-0.2, -0.15) is 0 Å². The van der Waals surface area contributed by atoms with Gasteiger partial charge in [0, 0.05) is 32.1 Å². The van der Waals surface area contributed by atoms with Gasteiger partial charge in [0.05, 0.1) is 0 Å². The Kier molecular flexibility index (Phi) is 7.48. The third-order valence-electron chi connectivity index (χ3n) is 3.83. The Morgan fingerprint density at radius 2 is 1.86 bits per heavy atom. The Balaban J connectivity index is 3.06. The molecule has 1 aromatic heterocycles. The molecular formula is C17H32N4. The summed E-state index contributed by atoms with van der Waals surface area (Å²) in [5.41, 5.74) is 1.16. The third kappa shape index (κ3) is 5.18. The molecule has 1 rings (SSSR count). The summed E-state index contributed by atoms with van der Waals surface area (Å²) < 4.78 is 0. The van der Waals surface area contributed by atoms with Gasteiger partial charge in [-0.1, -0.05) is 34.1 Å². The molecule has 4 nitrogen and oxygen atoms in total. The van der Waals surface area contributed by atoms with Crippen LogP contribution in [0.3, 0.4) is 0 Å². The van der Waals surface area contributed by atoms with Crippen LogP contribution >= 0.6 is 0 Å². The molecule has 0 saturated carbocycles. The Morgan fingerprint density at radius 1 is 1.14 bits per heavy atom. The van der Waals surface area contributed by atoms with E-state index in [1.807, 2.05) is 0 Å². The molecule has 1 atom stereocenters. The molecular weight excluding hydrogens is 260 g/mol. The van der Waals surface area contributed by atoms with Crippen LogP contribution in [-0.2, 0) is 6.42 Å². The van der Waals surface area contributed by atoms with Crippen LogP contribution in [0.25, 0.3) is 0 Å². The quantitative estimate of drug-likeness (QED) is 0.745. The smallest absolute Gasteiger partial charge is 0.137 e. The molecule has 0 spiro atoms. The van der Waals surface area contributed by atoms with Crippen molar-refractivity contribution in [3.05, 3.63) is 11.4 Å². The zero-order chi connectivity index (χ0) is 15.8. The molecule has 0 amide bonds. The number of aryl methyl sites for hydroxylation is 1. The van der Waals surface area contributed by atoms with Gasteiger partial charge in [-0.15, -0.1) is 0 Å². The van der Waals surface area contributed by atoms with E-state index in [0.29, 0.717) is 5.92 Å². The second-order valence-electron chi connectivity index (χ2n) is 6.01. The number of hydrogen-bond donors (Lipinski definition) is 1. The summed E-state index contributed by atoms with van der Waals surface area (Å²) in [6.07, 6.45) is 4.30. The van der Waals surface area contributed by atoms with Crippen molar-refractivity contribution in [2.45, 2.75) is 60.3 Å². The fourth-order valence-corrected chi connectivity index (χ4v) is 2.36. The fourth-order valence-electron chi connectivity index (χ4n) is 2.36. The van der Waals surface area contributed by atoms with Crippen LogP contribution in [0.5, 0.6) is 0 Å². The SMILES string of the molecule is CCCNc1nc(CCC)nc(N(C)CC(C)CC)c1C. The molecule has 0 saturated heterocycles. The van der Waals surface area contributed by atoms with E-state index in [9.17, 15) is 0 Å². The standard InChI is InChI=1S/C17H32N4/c1-7-10-15-19-16(18-11-8-2)14(5)17(20-15)21(6)12-13(4)9-3/h13H,7-12H2,1-6H3,(H,18,19,20). The predicted molar refractivity (Wildman–Crippen MR) is 92.3 cm³/mol. The van der Waals surface area contributed by atoms with Crippen molar-refractivity contribution >= 4 is 11.6 Å². The van der Waals surface area contributed by atoms with Crippen LogP contribution in [0.1, 0.15) is 58.3 Å². The minimum atomic E-state index is 0.672.